The Bertz CT molecular complexity index is 1010. The second kappa shape index (κ2) is 7.18. The second-order valence-corrected chi connectivity index (χ2v) is 8.98. The minimum Gasteiger partial charge on any atom is -0.366 e. The van der Waals surface area contributed by atoms with Gasteiger partial charge in [-0.25, -0.2) is 9.97 Å². The van der Waals surface area contributed by atoms with E-state index in [0.29, 0.717) is 5.92 Å². The van der Waals surface area contributed by atoms with E-state index >= 15 is 0 Å². The number of hydrogen-bond donors (Lipinski definition) is 1. The Kier molecular flexibility index (Phi) is 4.50. The van der Waals surface area contributed by atoms with E-state index in [2.05, 4.69) is 78.7 Å². The molecule has 148 valence electrons. The standard InChI is InChI=1S/C25H28N4/c1-25(2)17-29(16-20-10-6-7-11-21(20)25)23-14-22(27-24(28-23)19-12-13-19)26-15-18-8-4-3-5-9-18/h3-11,14,19H,12-13,15-17H2,1-2H3,(H,26,27,28). The summed E-state index contributed by atoms with van der Waals surface area (Å²) >= 11 is 0. The number of hydrogen-bond acceptors (Lipinski definition) is 4. The Morgan fingerprint density at radius 3 is 2.55 bits per heavy atom. The number of rotatable bonds is 5. The molecule has 29 heavy (non-hydrogen) atoms. The van der Waals surface area contributed by atoms with E-state index in [-0.39, 0.29) is 5.41 Å². The zero-order chi connectivity index (χ0) is 19.8. The van der Waals surface area contributed by atoms with Gasteiger partial charge in [0.05, 0.1) is 0 Å². The van der Waals surface area contributed by atoms with Crippen molar-refractivity contribution in [1.82, 2.24) is 9.97 Å². The summed E-state index contributed by atoms with van der Waals surface area (Å²) in [5.41, 5.74) is 4.20. The maximum atomic E-state index is 4.99. The molecule has 1 N–H and O–H groups in total. The molecule has 0 radical (unpaired) electrons. The van der Waals surface area contributed by atoms with E-state index in [1.165, 1.54) is 29.5 Å². The molecular formula is C25H28N4. The maximum Gasteiger partial charge on any atom is 0.136 e. The highest BCUT2D eigenvalue weighted by molar-refractivity contribution is 5.53. The van der Waals surface area contributed by atoms with Gasteiger partial charge in [-0.05, 0) is 29.5 Å². The second-order valence-electron chi connectivity index (χ2n) is 8.98. The van der Waals surface area contributed by atoms with E-state index < -0.39 is 0 Å². The molecular weight excluding hydrogens is 356 g/mol. The third kappa shape index (κ3) is 3.84. The smallest absolute Gasteiger partial charge is 0.136 e. The lowest BCUT2D eigenvalue weighted by Gasteiger charge is -2.40. The normalized spacial score (nSPS) is 17.7. The number of aromatic nitrogens is 2. The third-order valence-corrected chi connectivity index (χ3v) is 6.01. The van der Waals surface area contributed by atoms with Crippen molar-refractivity contribution in [2.75, 3.05) is 16.8 Å². The molecule has 0 spiro atoms. The van der Waals surface area contributed by atoms with Crippen LogP contribution in [0.2, 0.25) is 0 Å². The van der Waals surface area contributed by atoms with Gasteiger partial charge < -0.3 is 10.2 Å². The zero-order valence-electron chi connectivity index (χ0n) is 17.2. The van der Waals surface area contributed by atoms with Gasteiger partial charge in [0, 0.05) is 37.0 Å². The van der Waals surface area contributed by atoms with E-state index in [9.17, 15) is 0 Å². The number of nitrogens with zero attached hydrogens (tertiary/aromatic N) is 3. The van der Waals surface area contributed by atoms with Gasteiger partial charge in [0.25, 0.3) is 0 Å². The maximum absolute atomic E-state index is 4.99. The van der Waals surface area contributed by atoms with Crippen molar-refractivity contribution in [2.24, 2.45) is 0 Å². The highest BCUT2D eigenvalue weighted by Crippen LogP contribution is 2.40. The predicted octanol–water partition coefficient (Wildman–Crippen LogP) is 5.26. The molecule has 2 aromatic carbocycles. The van der Waals surface area contributed by atoms with Gasteiger partial charge in [-0.3, -0.25) is 0 Å². The van der Waals surface area contributed by atoms with Crippen LogP contribution in [0.1, 0.15) is 55.1 Å². The monoisotopic (exact) mass is 384 g/mol. The van der Waals surface area contributed by atoms with Crippen LogP contribution in [0.3, 0.4) is 0 Å². The minimum absolute atomic E-state index is 0.0944. The first kappa shape index (κ1) is 18.2. The van der Waals surface area contributed by atoms with Crippen molar-refractivity contribution in [1.29, 1.82) is 0 Å². The summed E-state index contributed by atoms with van der Waals surface area (Å²) in [6, 6.07) is 21.4. The van der Waals surface area contributed by atoms with Crippen LogP contribution in [-0.2, 0) is 18.5 Å². The third-order valence-electron chi connectivity index (χ3n) is 6.01. The molecule has 4 nitrogen and oxygen atoms in total. The highest BCUT2D eigenvalue weighted by atomic mass is 15.2. The van der Waals surface area contributed by atoms with E-state index in [1.807, 2.05) is 6.07 Å². The Hall–Kier alpha value is -2.88. The van der Waals surface area contributed by atoms with Crippen molar-refractivity contribution in [3.8, 4) is 0 Å². The molecule has 2 aliphatic rings. The summed E-state index contributed by atoms with van der Waals surface area (Å²) in [6.45, 7) is 7.29. The molecule has 5 rings (SSSR count). The van der Waals surface area contributed by atoms with Gasteiger partial charge in [0.1, 0.15) is 17.5 Å². The zero-order valence-corrected chi connectivity index (χ0v) is 17.2. The highest BCUT2D eigenvalue weighted by Gasteiger charge is 2.33. The van der Waals surface area contributed by atoms with Gasteiger partial charge in [0.2, 0.25) is 0 Å². The van der Waals surface area contributed by atoms with Crippen LogP contribution in [-0.4, -0.2) is 16.5 Å². The first-order chi connectivity index (χ1) is 14.1. The summed E-state index contributed by atoms with van der Waals surface area (Å²) in [4.78, 5) is 12.2. The molecule has 4 heteroatoms. The Morgan fingerprint density at radius 2 is 1.76 bits per heavy atom. The molecule has 0 atom stereocenters. The lowest BCUT2D eigenvalue weighted by atomic mass is 9.78. The van der Waals surface area contributed by atoms with E-state index in [4.69, 9.17) is 9.97 Å². The van der Waals surface area contributed by atoms with Crippen molar-refractivity contribution >= 4 is 11.6 Å². The predicted molar refractivity (Wildman–Crippen MR) is 118 cm³/mol. The van der Waals surface area contributed by atoms with Crippen molar-refractivity contribution in [3.63, 3.8) is 0 Å². The van der Waals surface area contributed by atoms with E-state index in [0.717, 1.165) is 37.1 Å². The Labute approximate surface area is 173 Å². The average molecular weight is 385 g/mol. The fraction of sp³-hybridized carbons (Fsp3) is 0.360. The number of anilines is 2. The molecule has 0 saturated heterocycles. The lowest BCUT2D eigenvalue weighted by Crippen LogP contribution is -2.42. The fourth-order valence-electron chi connectivity index (χ4n) is 4.32. The van der Waals surface area contributed by atoms with Gasteiger partial charge in [-0.15, -0.1) is 0 Å². The number of benzene rings is 2. The van der Waals surface area contributed by atoms with Crippen LogP contribution in [0.5, 0.6) is 0 Å². The SMILES string of the molecule is CC1(C)CN(c2cc(NCc3ccccc3)nc(C3CC3)n2)Cc2ccccc21. The van der Waals surface area contributed by atoms with Gasteiger partial charge in [-0.2, -0.15) is 0 Å². The molecule has 0 bridgehead atoms. The minimum atomic E-state index is 0.0944. The van der Waals surface area contributed by atoms with Crippen molar-refractivity contribution < 1.29 is 0 Å². The van der Waals surface area contributed by atoms with Crippen LogP contribution >= 0.6 is 0 Å². The molecule has 0 amide bonds. The lowest BCUT2D eigenvalue weighted by molar-refractivity contribution is 0.474. The molecule has 1 aromatic heterocycles. The molecule has 0 unspecified atom stereocenters. The van der Waals surface area contributed by atoms with Crippen LogP contribution in [0.4, 0.5) is 11.6 Å². The largest absolute Gasteiger partial charge is 0.366 e. The number of fused-ring (bicyclic) bond motifs is 1. The molecule has 1 aliphatic carbocycles. The van der Waals surface area contributed by atoms with Gasteiger partial charge in [0.15, 0.2) is 0 Å². The Morgan fingerprint density at radius 1 is 1.00 bits per heavy atom. The summed E-state index contributed by atoms with van der Waals surface area (Å²) in [5, 5.41) is 3.53. The fourth-order valence-corrected chi connectivity index (χ4v) is 4.32. The van der Waals surface area contributed by atoms with Crippen LogP contribution in [0.15, 0.2) is 60.7 Å². The van der Waals surface area contributed by atoms with Gasteiger partial charge in [-0.1, -0.05) is 68.4 Å². The van der Waals surface area contributed by atoms with Crippen molar-refractivity contribution in [2.45, 2.75) is 51.1 Å². The molecule has 1 aliphatic heterocycles. The molecule has 1 saturated carbocycles. The molecule has 2 heterocycles. The van der Waals surface area contributed by atoms with Crippen LogP contribution in [0, 0.1) is 0 Å². The summed E-state index contributed by atoms with van der Waals surface area (Å²) < 4.78 is 0. The topological polar surface area (TPSA) is 41.0 Å². The van der Waals surface area contributed by atoms with Crippen LogP contribution in [0.25, 0.3) is 0 Å². The number of nitrogens with one attached hydrogen (secondary N) is 1. The quantitative estimate of drug-likeness (QED) is 0.651. The summed E-state index contributed by atoms with van der Waals surface area (Å²) in [6.07, 6.45) is 2.41. The first-order valence-electron chi connectivity index (χ1n) is 10.6. The van der Waals surface area contributed by atoms with Gasteiger partial charge >= 0.3 is 0 Å². The average Bonchev–Trinajstić information content (AvgIpc) is 3.58. The first-order valence-corrected chi connectivity index (χ1v) is 10.6. The molecule has 3 aromatic rings. The Balaban J connectivity index is 1.44. The molecule has 1 fully saturated rings. The van der Waals surface area contributed by atoms with E-state index in [1.54, 1.807) is 0 Å². The summed E-state index contributed by atoms with van der Waals surface area (Å²) in [7, 11) is 0. The summed E-state index contributed by atoms with van der Waals surface area (Å²) in [5.74, 6) is 3.49. The van der Waals surface area contributed by atoms with Crippen molar-refractivity contribution in [3.05, 3.63) is 83.2 Å². The van der Waals surface area contributed by atoms with Crippen LogP contribution < -0.4 is 10.2 Å².